The van der Waals surface area contributed by atoms with E-state index in [2.05, 4.69) is 31.5 Å². The average molecular weight is 259 g/mol. The Morgan fingerprint density at radius 1 is 1.06 bits per heavy atom. The molecular weight excluding hydrogens is 234 g/mol. The molecule has 0 rings (SSSR count). The van der Waals surface area contributed by atoms with Crippen molar-refractivity contribution in [2.75, 3.05) is 0 Å². The van der Waals surface area contributed by atoms with Gasteiger partial charge in [0, 0.05) is 0 Å². The lowest BCUT2D eigenvalue weighted by Crippen LogP contribution is -2.35. The number of esters is 1. The standard InChI is InChI=1S/C13H25NO4/c1-12(2,3)8-9(13(4,5)6)17-10(15)7-11(16)18-14/h9H,7-8,14H2,1-6H3. The van der Waals surface area contributed by atoms with Crippen molar-refractivity contribution in [2.45, 2.75) is 60.5 Å². The molecular formula is C13H25NO4. The molecule has 0 heterocycles. The summed E-state index contributed by atoms with van der Waals surface area (Å²) in [4.78, 5) is 26.4. The monoisotopic (exact) mass is 259 g/mol. The average Bonchev–Trinajstić information content (AvgIpc) is 2.12. The van der Waals surface area contributed by atoms with Gasteiger partial charge in [0.2, 0.25) is 0 Å². The third-order valence-electron chi connectivity index (χ3n) is 2.46. The molecule has 2 N–H and O–H groups in total. The molecule has 1 atom stereocenters. The first kappa shape index (κ1) is 16.9. The third kappa shape index (κ3) is 7.27. The molecule has 0 fully saturated rings. The number of rotatable bonds is 4. The Bertz CT molecular complexity index is 299. The molecule has 5 nitrogen and oxygen atoms in total. The summed E-state index contributed by atoms with van der Waals surface area (Å²) in [5.74, 6) is 3.29. The first-order valence-electron chi connectivity index (χ1n) is 6.05. The predicted octanol–water partition coefficient (Wildman–Crippen LogP) is 2.19. The zero-order valence-corrected chi connectivity index (χ0v) is 12.2. The van der Waals surface area contributed by atoms with Crippen molar-refractivity contribution in [3.63, 3.8) is 0 Å². The summed E-state index contributed by atoms with van der Waals surface area (Å²) in [7, 11) is 0. The Balaban J connectivity index is 4.61. The first-order valence-corrected chi connectivity index (χ1v) is 6.05. The van der Waals surface area contributed by atoms with Gasteiger partial charge in [-0.25, -0.2) is 4.79 Å². The maximum atomic E-state index is 11.6. The predicted molar refractivity (Wildman–Crippen MR) is 68.3 cm³/mol. The molecule has 106 valence electrons. The van der Waals surface area contributed by atoms with Crippen LogP contribution in [0.4, 0.5) is 0 Å². The van der Waals surface area contributed by atoms with E-state index in [1.54, 1.807) is 0 Å². The molecule has 0 aromatic rings. The maximum absolute atomic E-state index is 11.6. The third-order valence-corrected chi connectivity index (χ3v) is 2.46. The second-order valence-corrected chi connectivity index (χ2v) is 6.78. The van der Waals surface area contributed by atoms with Crippen LogP contribution in [0.1, 0.15) is 54.4 Å². The van der Waals surface area contributed by atoms with Crippen molar-refractivity contribution in [3.05, 3.63) is 0 Å². The SMILES string of the molecule is CC(C)(C)CC(OC(=O)CC(=O)ON)C(C)(C)C. The highest BCUT2D eigenvalue weighted by Crippen LogP contribution is 2.33. The molecule has 0 aromatic heterocycles. The Kier molecular flexibility index (Phi) is 5.80. The van der Waals surface area contributed by atoms with Crippen LogP contribution >= 0.6 is 0 Å². The van der Waals surface area contributed by atoms with Crippen molar-refractivity contribution in [1.82, 2.24) is 0 Å². The first-order chi connectivity index (χ1) is 7.95. The van der Waals surface area contributed by atoms with E-state index in [1.807, 2.05) is 20.8 Å². The lowest BCUT2D eigenvalue weighted by atomic mass is 9.78. The lowest BCUT2D eigenvalue weighted by Gasteiger charge is -2.34. The Hall–Kier alpha value is -1.10. The number of hydrogen-bond acceptors (Lipinski definition) is 5. The molecule has 0 bridgehead atoms. The minimum absolute atomic E-state index is 0.0343. The molecule has 0 saturated carbocycles. The van der Waals surface area contributed by atoms with Crippen molar-refractivity contribution in [1.29, 1.82) is 0 Å². The van der Waals surface area contributed by atoms with E-state index in [4.69, 9.17) is 4.74 Å². The molecule has 0 aliphatic heterocycles. The summed E-state index contributed by atoms with van der Waals surface area (Å²) in [6.45, 7) is 12.2. The van der Waals surface area contributed by atoms with Gasteiger partial charge in [-0.3, -0.25) is 4.79 Å². The zero-order chi connectivity index (χ0) is 14.6. The van der Waals surface area contributed by atoms with E-state index < -0.39 is 18.4 Å². The van der Waals surface area contributed by atoms with Crippen molar-refractivity contribution >= 4 is 11.9 Å². The minimum atomic E-state index is -0.789. The number of hydrogen-bond donors (Lipinski definition) is 1. The van der Waals surface area contributed by atoms with Crippen LogP contribution in [0.5, 0.6) is 0 Å². The molecule has 5 heteroatoms. The summed E-state index contributed by atoms with van der Waals surface area (Å²) < 4.78 is 5.37. The second kappa shape index (κ2) is 6.18. The van der Waals surface area contributed by atoms with Gasteiger partial charge in [0.1, 0.15) is 12.5 Å². The van der Waals surface area contributed by atoms with Gasteiger partial charge in [-0.15, -0.1) is 0 Å². The highest BCUT2D eigenvalue weighted by atomic mass is 16.7. The smallest absolute Gasteiger partial charge is 0.335 e. The van der Waals surface area contributed by atoms with Crippen molar-refractivity contribution in [3.8, 4) is 0 Å². The molecule has 18 heavy (non-hydrogen) atoms. The van der Waals surface area contributed by atoms with Crippen LogP contribution in [0, 0.1) is 10.8 Å². The highest BCUT2D eigenvalue weighted by molar-refractivity contribution is 5.91. The summed E-state index contributed by atoms with van der Waals surface area (Å²) in [5, 5.41) is 0. The Morgan fingerprint density at radius 2 is 1.56 bits per heavy atom. The van der Waals surface area contributed by atoms with E-state index >= 15 is 0 Å². The van der Waals surface area contributed by atoms with Crippen LogP contribution in [0.25, 0.3) is 0 Å². The van der Waals surface area contributed by atoms with Crippen molar-refractivity contribution in [2.24, 2.45) is 16.7 Å². The maximum Gasteiger partial charge on any atom is 0.335 e. The van der Waals surface area contributed by atoms with Crippen LogP contribution in [0.3, 0.4) is 0 Å². The Labute approximate surface area is 109 Å². The molecule has 1 unspecified atom stereocenters. The van der Waals surface area contributed by atoms with Gasteiger partial charge in [0.15, 0.2) is 0 Å². The summed E-state index contributed by atoms with van der Waals surface area (Å²) in [5.41, 5.74) is -0.151. The quantitative estimate of drug-likeness (QED) is 0.475. The normalized spacial score (nSPS) is 13.9. The van der Waals surface area contributed by atoms with Crippen molar-refractivity contribution < 1.29 is 19.2 Å². The number of carbonyl (C=O) groups excluding carboxylic acids is 2. The minimum Gasteiger partial charge on any atom is -0.461 e. The van der Waals surface area contributed by atoms with Crippen LogP contribution in [-0.2, 0) is 19.2 Å². The van der Waals surface area contributed by atoms with Gasteiger partial charge in [-0.05, 0) is 17.3 Å². The fourth-order valence-electron chi connectivity index (χ4n) is 1.44. The second-order valence-electron chi connectivity index (χ2n) is 6.78. The van der Waals surface area contributed by atoms with Crippen LogP contribution in [-0.4, -0.2) is 18.0 Å². The lowest BCUT2D eigenvalue weighted by molar-refractivity contribution is -0.163. The molecule has 0 saturated heterocycles. The van der Waals surface area contributed by atoms with Crippen LogP contribution in [0.2, 0.25) is 0 Å². The van der Waals surface area contributed by atoms with Gasteiger partial charge in [0.25, 0.3) is 0 Å². The molecule has 0 aromatic carbocycles. The van der Waals surface area contributed by atoms with E-state index in [0.717, 1.165) is 6.42 Å². The summed E-state index contributed by atoms with van der Waals surface area (Å²) >= 11 is 0. The zero-order valence-electron chi connectivity index (χ0n) is 12.2. The Morgan fingerprint density at radius 3 is 1.89 bits per heavy atom. The van der Waals surface area contributed by atoms with Gasteiger partial charge in [-0.1, -0.05) is 41.5 Å². The number of nitrogens with two attached hydrogens (primary N) is 1. The van der Waals surface area contributed by atoms with Gasteiger partial charge in [-0.2, -0.15) is 5.90 Å². The highest BCUT2D eigenvalue weighted by Gasteiger charge is 2.32. The summed E-state index contributed by atoms with van der Waals surface area (Å²) in [6, 6.07) is 0. The number of ether oxygens (including phenoxy) is 1. The van der Waals surface area contributed by atoms with Gasteiger partial charge in [0.05, 0.1) is 0 Å². The fraction of sp³-hybridized carbons (Fsp3) is 0.846. The molecule has 0 spiro atoms. The molecule has 0 amide bonds. The largest absolute Gasteiger partial charge is 0.461 e. The van der Waals surface area contributed by atoms with Gasteiger partial charge < -0.3 is 9.57 Å². The number of carbonyl (C=O) groups is 2. The van der Waals surface area contributed by atoms with E-state index in [-0.39, 0.29) is 16.9 Å². The van der Waals surface area contributed by atoms with E-state index in [9.17, 15) is 9.59 Å². The molecule has 0 aliphatic carbocycles. The summed E-state index contributed by atoms with van der Waals surface area (Å²) in [6.07, 6.45) is 0.0169. The van der Waals surface area contributed by atoms with Crippen LogP contribution < -0.4 is 5.90 Å². The fourth-order valence-corrected chi connectivity index (χ4v) is 1.44. The molecule has 0 aliphatic rings. The van der Waals surface area contributed by atoms with E-state index in [0.29, 0.717) is 0 Å². The van der Waals surface area contributed by atoms with E-state index in [1.165, 1.54) is 0 Å². The van der Waals surface area contributed by atoms with Gasteiger partial charge >= 0.3 is 11.9 Å². The van der Waals surface area contributed by atoms with Crippen LogP contribution in [0.15, 0.2) is 0 Å². The molecule has 0 radical (unpaired) electrons. The topological polar surface area (TPSA) is 78.6 Å².